The molecule has 19 heavy (non-hydrogen) atoms. The lowest BCUT2D eigenvalue weighted by atomic mass is 10.3. The lowest BCUT2D eigenvalue weighted by Gasteiger charge is -2.08. The number of halogens is 3. The Morgan fingerprint density at radius 3 is 2.58 bits per heavy atom. The van der Waals surface area contributed by atoms with Crippen molar-refractivity contribution in [2.75, 3.05) is 0 Å². The first kappa shape index (κ1) is 14.9. The summed E-state index contributed by atoms with van der Waals surface area (Å²) in [5, 5.41) is 0. The summed E-state index contributed by atoms with van der Waals surface area (Å²) in [5.74, 6) is 2.03. The summed E-state index contributed by atoms with van der Waals surface area (Å²) >= 11 is 10.2. The molecule has 0 bridgehead atoms. The zero-order valence-electron chi connectivity index (χ0n) is 10.2. The fraction of sp³-hybridized carbons (Fsp3) is 0.231. The molecule has 2 rings (SSSR count). The molecule has 0 unspecified atom stereocenters. The maximum Gasteiger partial charge on any atom is 0.223 e. The van der Waals surface area contributed by atoms with Gasteiger partial charge in [0.05, 0.1) is 4.47 Å². The third-order valence-electron chi connectivity index (χ3n) is 2.30. The zero-order valence-corrected chi connectivity index (χ0v) is 14.9. The number of benzene rings is 1. The molecule has 0 aliphatic rings. The van der Waals surface area contributed by atoms with Crippen LogP contribution in [0.25, 0.3) is 0 Å². The van der Waals surface area contributed by atoms with Crippen molar-refractivity contribution >= 4 is 47.8 Å². The van der Waals surface area contributed by atoms with Gasteiger partial charge in [0.15, 0.2) is 0 Å². The first-order valence-electron chi connectivity index (χ1n) is 5.75. The van der Waals surface area contributed by atoms with E-state index >= 15 is 0 Å². The second-order valence-corrected chi connectivity index (χ2v) is 6.45. The van der Waals surface area contributed by atoms with Gasteiger partial charge in [0.25, 0.3) is 0 Å². The molecular formula is C13H11Br3N2O. The summed E-state index contributed by atoms with van der Waals surface area (Å²) in [5.41, 5.74) is 0. The molecule has 0 radical (unpaired) electrons. The van der Waals surface area contributed by atoms with Gasteiger partial charge in [-0.15, -0.1) is 0 Å². The zero-order chi connectivity index (χ0) is 13.8. The van der Waals surface area contributed by atoms with E-state index in [1.54, 1.807) is 6.07 Å². The van der Waals surface area contributed by atoms with Crippen LogP contribution < -0.4 is 4.74 Å². The fourth-order valence-corrected chi connectivity index (χ4v) is 3.03. The average molecular weight is 451 g/mol. The van der Waals surface area contributed by atoms with Crippen molar-refractivity contribution in [3.05, 3.63) is 43.6 Å². The summed E-state index contributed by atoms with van der Waals surface area (Å²) in [6.45, 7) is 2.09. The van der Waals surface area contributed by atoms with E-state index in [4.69, 9.17) is 4.74 Å². The molecule has 1 heterocycles. The number of ether oxygens (including phenoxy) is 1. The molecule has 0 amide bonds. The Morgan fingerprint density at radius 2 is 1.89 bits per heavy atom. The number of rotatable bonds is 4. The highest BCUT2D eigenvalue weighted by molar-refractivity contribution is 9.11. The smallest absolute Gasteiger partial charge is 0.223 e. The maximum absolute atomic E-state index is 5.78. The van der Waals surface area contributed by atoms with Gasteiger partial charge < -0.3 is 4.74 Å². The Kier molecular flexibility index (Phi) is 5.36. The van der Waals surface area contributed by atoms with E-state index in [2.05, 4.69) is 64.7 Å². The second-order valence-electron chi connectivity index (χ2n) is 3.87. The van der Waals surface area contributed by atoms with Crippen molar-refractivity contribution in [3.63, 3.8) is 0 Å². The number of nitrogens with zero attached hydrogens (tertiary/aromatic N) is 2. The van der Waals surface area contributed by atoms with Crippen LogP contribution in [0.5, 0.6) is 11.6 Å². The number of hydrogen-bond donors (Lipinski definition) is 0. The Labute approximate surface area is 137 Å². The van der Waals surface area contributed by atoms with Crippen LogP contribution in [-0.4, -0.2) is 9.97 Å². The minimum atomic E-state index is 0.536. The molecule has 0 fully saturated rings. The Balaban J connectivity index is 2.27. The van der Waals surface area contributed by atoms with Crippen molar-refractivity contribution in [2.24, 2.45) is 0 Å². The van der Waals surface area contributed by atoms with Crippen LogP contribution in [0.2, 0.25) is 0 Å². The molecule has 0 saturated carbocycles. The number of hydrogen-bond acceptors (Lipinski definition) is 3. The van der Waals surface area contributed by atoms with E-state index in [-0.39, 0.29) is 0 Å². The van der Waals surface area contributed by atoms with E-state index in [9.17, 15) is 0 Å². The third-order valence-corrected chi connectivity index (χ3v) is 3.82. The van der Waals surface area contributed by atoms with E-state index in [1.807, 2.05) is 18.2 Å². The summed E-state index contributed by atoms with van der Waals surface area (Å²) in [4.78, 5) is 8.69. The van der Waals surface area contributed by atoms with Gasteiger partial charge >= 0.3 is 0 Å². The molecule has 6 heteroatoms. The molecular weight excluding hydrogens is 440 g/mol. The van der Waals surface area contributed by atoms with Crippen molar-refractivity contribution in [1.82, 2.24) is 9.97 Å². The first-order chi connectivity index (χ1) is 9.08. The highest BCUT2D eigenvalue weighted by Gasteiger charge is 2.07. The van der Waals surface area contributed by atoms with Crippen LogP contribution in [0.3, 0.4) is 0 Å². The van der Waals surface area contributed by atoms with Crippen molar-refractivity contribution in [1.29, 1.82) is 0 Å². The molecule has 0 aliphatic heterocycles. The molecule has 0 saturated heterocycles. The van der Waals surface area contributed by atoms with E-state index in [0.717, 1.165) is 38.0 Å². The second kappa shape index (κ2) is 6.81. The minimum absolute atomic E-state index is 0.536. The molecule has 1 aromatic carbocycles. The summed E-state index contributed by atoms with van der Waals surface area (Å²) < 4.78 is 8.37. The Morgan fingerprint density at radius 1 is 1.11 bits per heavy atom. The topological polar surface area (TPSA) is 35.0 Å². The Hall–Kier alpha value is -0.460. The maximum atomic E-state index is 5.78. The predicted octanol–water partition coefficient (Wildman–Crippen LogP) is 5.51. The molecule has 100 valence electrons. The lowest BCUT2D eigenvalue weighted by molar-refractivity contribution is 0.454. The van der Waals surface area contributed by atoms with Gasteiger partial charge in [-0.2, -0.15) is 4.98 Å². The highest BCUT2D eigenvalue weighted by Crippen LogP contribution is 2.31. The van der Waals surface area contributed by atoms with Crippen LogP contribution in [0.4, 0.5) is 0 Å². The molecule has 0 atom stereocenters. The lowest BCUT2D eigenvalue weighted by Crippen LogP contribution is -1.98. The van der Waals surface area contributed by atoms with Crippen LogP contribution in [0.1, 0.15) is 19.2 Å². The van der Waals surface area contributed by atoms with Crippen LogP contribution in [-0.2, 0) is 6.42 Å². The standard InChI is InChI=1S/C13H11Br3N2O/c1-2-3-12-17-11(16)7-13(18-12)19-10-5-4-8(14)6-9(10)15/h4-7H,2-3H2,1H3. The van der Waals surface area contributed by atoms with Gasteiger partial charge in [-0.1, -0.05) is 22.9 Å². The molecule has 0 aliphatic carbocycles. The van der Waals surface area contributed by atoms with Crippen molar-refractivity contribution < 1.29 is 4.74 Å². The molecule has 3 nitrogen and oxygen atoms in total. The van der Waals surface area contributed by atoms with Gasteiger partial charge in [-0.25, -0.2) is 4.98 Å². The van der Waals surface area contributed by atoms with Crippen molar-refractivity contribution in [2.45, 2.75) is 19.8 Å². The number of aryl methyl sites for hydroxylation is 1. The average Bonchev–Trinajstić information content (AvgIpc) is 2.32. The summed E-state index contributed by atoms with van der Waals surface area (Å²) in [7, 11) is 0. The van der Waals surface area contributed by atoms with E-state index < -0.39 is 0 Å². The van der Waals surface area contributed by atoms with Crippen LogP contribution in [0, 0.1) is 0 Å². The van der Waals surface area contributed by atoms with Gasteiger partial charge in [0, 0.05) is 17.0 Å². The first-order valence-corrected chi connectivity index (χ1v) is 8.12. The van der Waals surface area contributed by atoms with Crippen molar-refractivity contribution in [3.8, 4) is 11.6 Å². The molecule has 0 N–H and O–H groups in total. The monoisotopic (exact) mass is 448 g/mol. The number of aromatic nitrogens is 2. The largest absolute Gasteiger partial charge is 0.438 e. The third kappa shape index (κ3) is 4.26. The Bertz CT molecular complexity index is 590. The molecule has 0 spiro atoms. The van der Waals surface area contributed by atoms with Gasteiger partial charge in [0.1, 0.15) is 16.2 Å². The van der Waals surface area contributed by atoms with Gasteiger partial charge in [0.2, 0.25) is 5.88 Å². The quantitative estimate of drug-likeness (QED) is 0.576. The SMILES string of the molecule is CCCc1nc(Br)cc(Oc2ccc(Br)cc2Br)n1. The van der Waals surface area contributed by atoms with Gasteiger partial charge in [-0.05, 0) is 56.5 Å². The predicted molar refractivity (Wildman–Crippen MR) is 85.6 cm³/mol. The normalized spacial score (nSPS) is 10.5. The van der Waals surface area contributed by atoms with Gasteiger partial charge in [-0.3, -0.25) is 0 Å². The fourth-order valence-electron chi connectivity index (χ4n) is 1.50. The van der Waals surface area contributed by atoms with Crippen LogP contribution in [0.15, 0.2) is 37.8 Å². The van der Waals surface area contributed by atoms with E-state index in [1.165, 1.54) is 0 Å². The van der Waals surface area contributed by atoms with Crippen LogP contribution >= 0.6 is 47.8 Å². The summed E-state index contributed by atoms with van der Waals surface area (Å²) in [6, 6.07) is 7.49. The summed E-state index contributed by atoms with van der Waals surface area (Å²) in [6.07, 6.45) is 1.83. The molecule has 2 aromatic rings. The molecule has 1 aromatic heterocycles. The van der Waals surface area contributed by atoms with E-state index in [0.29, 0.717) is 5.88 Å². The minimum Gasteiger partial charge on any atom is -0.438 e. The highest BCUT2D eigenvalue weighted by atomic mass is 79.9.